The first kappa shape index (κ1) is 10.4. The minimum absolute atomic E-state index is 0.566. The number of piperidine rings is 1. The molecule has 0 radical (unpaired) electrons. The fourth-order valence-electron chi connectivity index (χ4n) is 2.84. The summed E-state index contributed by atoms with van der Waals surface area (Å²) < 4.78 is 0.566. The Hall–Kier alpha value is 0.855. The van der Waals surface area contributed by atoms with Gasteiger partial charge in [-0.2, -0.15) is 0 Å². The van der Waals surface area contributed by atoms with E-state index >= 15 is 0 Å². The standard InChI is InChI=1S/C10H19N2.Hg/c1-8(2)12-6-4-9-7-11-5-3-10(9)12;/h9-11H,3-7H2,1-2H3;. The molecule has 0 aromatic carbocycles. The Labute approximate surface area is 97.4 Å². The second-order valence-corrected chi connectivity index (χ2v) is 11.8. The van der Waals surface area contributed by atoms with Gasteiger partial charge >= 0.3 is 97.7 Å². The van der Waals surface area contributed by atoms with Gasteiger partial charge < -0.3 is 0 Å². The molecule has 0 amide bonds. The van der Waals surface area contributed by atoms with E-state index in [0.29, 0.717) is 3.05 Å². The van der Waals surface area contributed by atoms with Crippen molar-refractivity contribution in [2.75, 3.05) is 19.6 Å². The zero-order valence-electron chi connectivity index (χ0n) is 8.84. The van der Waals surface area contributed by atoms with Crippen molar-refractivity contribution in [1.82, 2.24) is 10.2 Å². The van der Waals surface area contributed by atoms with Gasteiger partial charge in [-0.3, -0.25) is 0 Å². The third kappa shape index (κ3) is 2.10. The first-order valence-electron chi connectivity index (χ1n) is 5.42. The van der Waals surface area contributed by atoms with Gasteiger partial charge in [0.2, 0.25) is 0 Å². The van der Waals surface area contributed by atoms with Crippen molar-refractivity contribution in [1.29, 1.82) is 0 Å². The second-order valence-electron chi connectivity index (χ2n) is 5.11. The normalized spacial score (nSPS) is 36.3. The number of nitrogens with zero attached hydrogens (tertiary/aromatic N) is 1. The molecule has 0 aromatic rings. The van der Waals surface area contributed by atoms with Crippen LogP contribution in [0.2, 0.25) is 0 Å². The van der Waals surface area contributed by atoms with E-state index < -0.39 is 0 Å². The van der Waals surface area contributed by atoms with Crippen LogP contribution in [0.5, 0.6) is 0 Å². The summed E-state index contributed by atoms with van der Waals surface area (Å²) >= 11 is 0.864. The number of fused-ring (bicyclic) bond motifs is 1. The number of rotatable bonds is 1. The van der Waals surface area contributed by atoms with E-state index in [1.807, 2.05) is 0 Å². The predicted octanol–water partition coefficient (Wildman–Crippen LogP) is 0.953. The Bertz CT molecular complexity index is 188. The molecule has 2 nitrogen and oxygen atoms in total. The van der Waals surface area contributed by atoms with E-state index in [4.69, 9.17) is 0 Å². The molecule has 0 spiro atoms. The average molecular weight is 368 g/mol. The predicted molar refractivity (Wildman–Crippen MR) is 50.2 cm³/mol. The van der Waals surface area contributed by atoms with Gasteiger partial charge in [0.25, 0.3) is 0 Å². The molecule has 2 aliphatic heterocycles. The van der Waals surface area contributed by atoms with Crippen molar-refractivity contribution >= 4 is 0 Å². The van der Waals surface area contributed by atoms with Crippen LogP contribution in [0.4, 0.5) is 0 Å². The molecule has 0 aliphatic carbocycles. The van der Waals surface area contributed by atoms with Crippen LogP contribution < -0.4 is 5.32 Å². The topological polar surface area (TPSA) is 15.3 Å². The quantitative estimate of drug-likeness (QED) is 0.694. The monoisotopic (exact) mass is 369 g/mol. The number of nitrogens with one attached hydrogen (secondary N) is 1. The fourth-order valence-corrected chi connectivity index (χ4v) is 4.36. The maximum absolute atomic E-state index is 3.52. The third-order valence-corrected chi connectivity index (χ3v) is 5.07. The molecule has 2 saturated heterocycles. The van der Waals surface area contributed by atoms with Gasteiger partial charge in [-0.1, -0.05) is 0 Å². The number of likely N-dealkylation sites (tertiary alicyclic amines) is 1. The van der Waals surface area contributed by atoms with Crippen molar-refractivity contribution in [3.8, 4) is 0 Å². The van der Waals surface area contributed by atoms with E-state index in [2.05, 4.69) is 24.1 Å². The summed E-state index contributed by atoms with van der Waals surface area (Å²) in [6.45, 7) is 8.72. The molecule has 2 unspecified atom stereocenters. The number of hydrogen-bond acceptors (Lipinski definition) is 2. The molecule has 2 aliphatic rings. The molecule has 2 rings (SSSR count). The Morgan fingerprint density at radius 2 is 2.15 bits per heavy atom. The molecule has 0 saturated carbocycles. The zero-order chi connectivity index (χ0) is 9.47. The summed E-state index contributed by atoms with van der Waals surface area (Å²) in [5, 5.41) is 3.52. The SMILES string of the molecule is C[C](C)([Hg])N1CCC2CNCCC21. The van der Waals surface area contributed by atoms with Gasteiger partial charge in [-0.15, -0.1) is 0 Å². The van der Waals surface area contributed by atoms with Crippen LogP contribution in [0.15, 0.2) is 0 Å². The van der Waals surface area contributed by atoms with Crippen molar-refractivity contribution in [2.24, 2.45) is 5.92 Å². The molecular weight excluding hydrogens is 349 g/mol. The van der Waals surface area contributed by atoms with Crippen LogP contribution in [-0.2, 0) is 26.1 Å². The minimum atomic E-state index is 0.566. The van der Waals surface area contributed by atoms with Gasteiger partial charge in [-0.05, 0) is 0 Å². The summed E-state index contributed by atoms with van der Waals surface area (Å²) in [5.74, 6) is 0.955. The molecule has 13 heavy (non-hydrogen) atoms. The van der Waals surface area contributed by atoms with Crippen molar-refractivity contribution in [3.63, 3.8) is 0 Å². The molecular formula is C10H19HgN2. The molecule has 2 atom stereocenters. The maximum atomic E-state index is 3.52. The average Bonchev–Trinajstić information content (AvgIpc) is 2.45. The van der Waals surface area contributed by atoms with E-state index in [1.54, 1.807) is 0 Å². The fraction of sp³-hybridized carbons (Fsp3) is 1.00. The Kier molecular flexibility index (Phi) is 3.02. The molecule has 2 fully saturated rings. The molecule has 0 aromatic heterocycles. The van der Waals surface area contributed by atoms with E-state index in [0.717, 1.165) is 38.1 Å². The summed E-state index contributed by atoms with van der Waals surface area (Å²) in [5.41, 5.74) is 0. The van der Waals surface area contributed by atoms with Gasteiger partial charge in [0, 0.05) is 0 Å². The molecule has 1 N–H and O–H groups in total. The Morgan fingerprint density at radius 3 is 2.85 bits per heavy atom. The molecule has 71 valence electrons. The zero-order valence-corrected chi connectivity index (χ0v) is 14.3. The summed E-state index contributed by atoms with van der Waals surface area (Å²) in [6, 6.07) is 0.911. The van der Waals surface area contributed by atoms with Crippen LogP contribution >= 0.6 is 0 Å². The van der Waals surface area contributed by atoms with Crippen molar-refractivity contribution in [3.05, 3.63) is 0 Å². The van der Waals surface area contributed by atoms with Crippen LogP contribution in [0.1, 0.15) is 26.7 Å². The third-order valence-electron chi connectivity index (χ3n) is 3.49. The second kappa shape index (κ2) is 3.78. The van der Waals surface area contributed by atoms with Gasteiger partial charge in [0.15, 0.2) is 0 Å². The molecule has 2 heterocycles. The van der Waals surface area contributed by atoms with Crippen LogP contribution in [0.25, 0.3) is 0 Å². The number of hydrogen-bond donors (Lipinski definition) is 1. The summed E-state index contributed by atoms with van der Waals surface area (Å²) in [4.78, 5) is 2.79. The first-order valence-corrected chi connectivity index (χ1v) is 8.17. The van der Waals surface area contributed by atoms with Gasteiger partial charge in [0.05, 0.1) is 0 Å². The van der Waals surface area contributed by atoms with Crippen LogP contribution in [-0.4, -0.2) is 33.6 Å². The summed E-state index contributed by atoms with van der Waals surface area (Å²) in [6.07, 6.45) is 2.81. The van der Waals surface area contributed by atoms with E-state index in [1.165, 1.54) is 32.5 Å². The first-order chi connectivity index (χ1) is 6.09. The van der Waals surface area contributed by atoms with Crippen LogP contribution in [0, 0.1) is 5.92 Å². The summed E-state index contributed by atoms with van der Waals surface area (Å²) in [7, 11) is 0. The van der Waals surface area contributed by atoms with Gasteiger partial charge in [-0.25, -0.2) is 0 Å². The Balaban J connectivity index is 2.07. The van der Waals surface area contributed by atoms with E-state index in [9.17, 15) is 0 Å². The molecule has 0 bridgehead atoms. The van der Waals surface area contributed by atoms with E-state index in [-0.39, 0.29) is 0 Å². The molecule has 3 heteroatoms. The Morgan fingerprint density at radius 1 is 1.38 bits per heavy atom. The van der Waals surface area contributed by atoms with Crippen molar-refractivity contribution < 1.29 is 26.1 Å². The van der Waals surface area contributed by atoms with Crippen LogP contribution in [0.3, 0.4) is 0 Å². The van der Waals surface area contributed by atoms with Gasteiger partial charge in [0.1, 0.15) is 0 Å². The van der Waals surface area contributed by atoms with Crippen molar-refractivity contribution in [2.45, 2.75) is 35.8 Å².